The van der Waals surface area contributed by atoms with Crippen molar-refractivity contribution in [3.05, 3.63) is 34.2 Å². The van der Waals surface area contributed by atoms with Crippen molar-refractivity contribution in [2.24, 2.45) is 0 Å². The van der Waals surface area contributed by atoms with Gasteiger partial charge in [-0.2, -0.15) is 0 Å². The van der Waals surface area contributed by atoms with E-state index in [4.69, 9.17) is 0 Å². The van der Waals surface area contributed by atoms with E-state index in [1.165, 1.54) is 32.4 Å². The van der Waals surface area contributed by atoms with Crippen molar-refractivity contribution >= 4 is 0 Å². The van der Waals surface area contributed by atoms with E-state index >= 15 is 0 Å². The van der Waals surface area contributed by atoms with Crippen LogP contribution >= 0.6 is 0 Å². The maximum atomic E-state index is 11.6. The molecule has 1 atom stereocenters. The second-order valence-electron chi connectivity index (χ2n) is 5.18. The van der Waals surface area contributed by atoms with E-state index in [1.54, 1.807) is 18.5 Å². The molecule has 0 amide bonds. The molecule has 4 heteroatoms. The van der Waals surface area contributed by atoms with E-state index in [1.807, 2.05) is 0 Å². The van der Waals surface area contributed by atoms with Crippen molar-refractivity contribution in [3.8, 4) is 0 Å². The monoisotopic (exact) mass is 249 g/mol. The van der Waals surface area contributed by atoms with Crippen LogP contribution in [0.2, 0.25) is 0 Å². The molecule has 0 bridgehead atoms. The Labute approximate surface area is 108 Å². The zero-order valence-electron chi connectivity index (χ0n) is 11.1. The summed E-state index contributed by atoms with van der Waals surface area (Å²) in [4.78, 5) is 17.0. The molecule has 2 rings (SSSR count). The third-order valence-electron chi connectivity index (χ3n) is 3.53. The molecule has 1 aromatic heterocycles. The molecular weight excluding hydrogens is 226 g/mol. The lowest BCUT2D eigenvalue weighted by Gasteiger charge is -2.29. The molecule has 0 radical (unpaired) electrons. The number of H-pyrrole nitrogens is 1. The molecule has 4 nitrogen and oxygen atoms in total. The average Bonchev–Trinajstić information content (AvgIpc) is 2.39. The zero-order chi connectivity index (χ0) is 12.8. The number of likely N-dealkylation sites (tertiary alicyclic amines) is 1. The highest BCUT2D eigenvalue weighted by Gasteiger charge is 2.13. The minimum absolute atomic E-state index is 0.103. The topological polar surface area (TPSA) is 48.1 Å². The number of aromatic amines is 1. The zero-order valence-corrected chi connectivity index (χ0v) is 11.1. The summed E-state index contributed by atoms with van der Waals surface area (Å²) in [5, 5.41) is 3.43. The number of piperidine rings is 1. The van der Waals surface area contributed by atoms with Crippen LogP contribution in [0, 0.1) is 0 Å². The number of hydrogen-bond donors (Lipinski definition) is 2. The lowest BCUT2D eigenvalue weighted by molar-refractivity contribution is 0.209. The molecule has 1 aliphatic heterocycles. The summed E-state index contributed by atoms with van der Waals surface area (Å²) in [5.41, 5.74) is 0.911. The Morgan fingerprint density at radius 1 is 1.39 bits per heavy atom. The standard InChI is InChI=1S/C14H23N3O/c1-12(11-17-7-3-2-4-8-17)16-10-13-9-15-6-5-14(13)18/h5-6,9,12,16H,2-4,7-8,10-11H2,1H3,(H,15,18). The molecule has 1 fully saturated rings. The second-order valence-corrected chi connectivity index (χ2v) is 5.18. The summed E-state index contributed by atoms with van der Waals surface area (Å²) in [6.07, 6.45) is 7.47. The molecule has 1 aromatic rings. The average molecular weight is 249 g/mol. The second kappa shape index (κ2) is 6.71. The maximum absolute atomic E-state index is 11.6. The fourth-order valence-electron chi connectivity index (χ4n) is 2.47. The highest BCUT2D eigenvalue weighted by atomic mass is 16.1. The van der Waals surface area contributed by atoms with E-state index in [9.17, 15) is 4.79 Å². The van der Waals surface area contributed by atoms with Gasteiger partial charge >= 0.3 is 0 Å². The third kappa shape index (κ3) is 3.96. The largest absolute Gasteiger partial charge is 0.367 e. The number of nitrogens with one attached hydrogen (secondary N) is 2. The minimum atomic E-state index is 0.103. The highest BCUT2D eigenvalue weighted by Crippen LogP contribution is 2.08. The smallest absolute Gasteiger partial charge is 0.186 e. The predicted molar refractivity (Wildman–Crippen MR) is 73.7 cm³/mol. The first kappa shape index (κ1) is 13.3. The molecule has 0 saturated carbocycles. The van der Waals surface area contributed by atoms with E-state index < -0.39 is 0 Å². The van der Waals surface area contributed by atoms with Gasteiger partial charge in [0.2, 0.25) is 0 Å². The van der Waals surface area contributed by atoms with Crippen LogP contribution in [0.25, 0.3) is 0 Å². The van der Waals surface area contributed by atoms with E-state index in [0.717, 1.165) is 12.1 Å². The number of rotatable bonds is 5. The van der Waals surface area contributed by atoms with Crippen LogP contribution in [0.3, 0.4) is 0 Å². The number of pyridine rings is 1. The molecule has 18 heavy (non-hydrogen) atoms. The first-order valence-electron chi connectivity index (χ1n) is 6.87. The van der Waals surface area contributed by atoms with Crippen LogP contribution in [0.15, 0.2) is 23.3 Å². The van der Waals surface area contributed by atoms with Crippen molar-refractivity contribution in [1.29, 1.82) is 0 Å². The van der Waals surface area contributed by atoms with Gasteiger partial charge in [0.1, 0.15) is 0 Å². The summed E-state index contributed by atoms with van der Waals surface area (Å²) >= 11 is 0. The molecule has 0 aliphatic carbocycles. The van der Waals surface area contributed by atoms with Gasteiger partial charge in [0.05, 0.1) is 0 Å². The van der Waals surface area contributed by atoms with Gasteiger partial charge < -0.3 is 15.2 Å². The first-order valence-corrected chi connectivity index (χ1v) is 6.87. The summed E-state index contributed by atoms with van der Waals surface area (Å²) < 4.78 is 0. The predicted octanol–water partition coefficient (Wildman–Crippen LogP) is 1.34. The van der Waals surface area contributed by atoms with Gasteiger partial charge in [-0.3, -0.25) is 4.79 Å². The fraction of sp³-hybridized carbons (Fsp3) is 0.643. The molecule has 0 aromatic carbocycles. The van der Waals surface area contributed by atoms with Crippen LogP contribution in [0.1, 0.15) is 31.7 Å². The van der Waals surface area contributed by atoms with Gasteiger partial charge in [-0.1, -0.05) is 6.42 Å². The minimum Gasteiger partial charge on any atom is -0.367 e. The Hall–Kier alpha value is -1.13. The van der Waals surface area contributed by atoms with Crippen LogP contribution in [0.5, 0.6) is 0 Å². The van der Waals surface area contributed by atoms with Crippen molar-refractivity contribution < 1.29 is 0 Å². The van der Waals surface area contributed by atoms with Gasteiger partial charge in [0.25, 0.3) is 0 Å². The molecule has 1 aliphatic rings. The van der Waals surface area contributed by atoms with Crippen molar-refractivity contribution in [3.63, 3.8) is 0 Å². The third-order valence-corrected chi connectivity index (χ3v) is 3.53. The number of hydrogen-bond acceptors (Lipinski definition) is 3. The SMILES string of the molecule is CC(CN1CCCCC1)NCc1c[nH]ccc1=O. The number of nitrogens with zero attached hydrogens (tertiary/aromatic N) is 1. The summed E-state index contributed by atoms with van der Waals surface area (Å²) in [7, 11) is 0. The lowest BCUT2D eigenvalue weighted by Crippen LogP contribution is -2.41. The summed E-state index contributed by atoms with van der Waals surface area (Å²) in [6, 6.07) is 1.99. The summed E-state index contributed by atoms with van der Waals surface area (Å²) in [6.45, 7) is 6.34. The molecule has 1 unspecified atom stereocenters. The molecule has 100 valence electrons. The van der Waals surface area contributed by atoms with Crippen LogP contribution in [-0.4, -0.2) is 35.6 Å². The molecule has 2 N–H and O–H groups in total. The van der Waals surface area contributed by atoms with Crippen LogP contribution in [0.4, 0.5) is 0 Å². The molecular formula is C14H23N3O. The highest BCUT2D eigenvalue weighted by molar-refractivity contribution is 5.08. The van der Waals surface area contributed by atoms with Gasteiger partial charge in [0, 0.05) is 43.2 Å². The van der Waals surface area contributed by atoms with Crippen molar-refractivity contribution in [2.45, 2.75) is 38.8 Å². The molecule has 2 heterocycles. The Morgan fingerprint density at radius 2 is 2.17 bits per heavy atom. The molecule has 0 spiro atoms. The van der Waals surface area contributed by atoms with E-state index in [-0.39, 0.29) is 5.43 Å². The maximum Gasteiger partial charge on any atom is 0.186 e. The van der Waals surface area contributed by atoms with Gasteiger partial charge in [-0.15, -0.1) is 0 Å². The van der Waals surface area contributed by atoms with Gasteiger partial charge in [-0.05, 0) is 32.9 Å². The summed E-state index contributed by atoms with van der Waals surface area (Å²) in [5.74, 6) is 0. The quantitative estimate of drug-likeness (QED) is 0.828. The van der Waals surface area contributed by atoms with Crippen molar-refractivity contribution in [2.75, 3.05) is 19.6 Å². The van der Waals surface area contributed by atoms with Crippen LogP contribution in [-0.2, 0) is 6.54 Å². The lowest BCUT2D eigenvalue weighted by atomic mass is 10.1. The van der Waals surface area contributed by atoms with E-state index in [0.29, 0.717) is 12.6 Å². The Bertz CT molecular complexity index is 410. The normalized spacial score (nSPS) is 18.7. The van der Waals surface area contributed by atoms with Crippen molar-refractivity contribution in [1.82, 2.24) is 15.2 Å². The fourth-order valence-corrected chi connectivity index (χ4v) is 2.47. The Balaban J connectivity index is 1.76. The number of aromatic nitrogens is 1. The van der Waals surface area contributed by atoms with Crippen LogP contribution < -0.4 is 10.7 Å². The Morgan fingerprint density at radius 3 is 2.89 bits per heavy atom. The van der Waals surface area contributed by atoms with E-state index in [2.05, 4.69) is 22.1 Å². The molecule has 1 saturated heterocycles. The van der Waals surface area contributed by atoms with Gasteiger partial charge in [-0.25, -0.2) is 0 Å². The Kier molecular flexibility index (Phi) is 4.96. The first-order chi connectivity index (χ1) is 8.75. The van der Waals surface area contributed by atoms with Gasteiger partial charge in [0.15, 0.2) is 5.43 Å².